The van der Waals surface area contributed by atoms with Crippen molar-refractivity contribution < 1.29 is 26.9 Å². The summed E-state index contributed by atoms with van der Waals surface area (Å²) in [7, 11) is -2.08. The summed E-state index contributed by atoms with van der Waals surface area (Å²) in [5, 5.41) is 10.2. The first kappa shape index (κ1) is 17.6. The third kappa shape index (κ3) is 3.79. The molecule has 2 aromatic rings. The van der Waals surface area contributed by atoms with Gasteiger partial charge in [0.15, 0.2) is 5.60 Å². The summed E-state index contributed by atoms with van der Waals surface area (Å²) in [6.07, 6.45) is -5.05. The molecule has 2 atom stereocenters. The minimum atomic E-state index is -5.05. The van der Waals surface area contributed by atoms with E-state index in [0.717, 1.165) is 29.8 Å². The Kier molecular flexibility index (Phi) is 4.91. The molecule has 2 rings (SSSR count). The molecular formula is C16H14F4O2S. The molecule has 1 N–H and O–H groups in total. The predicted molar refractivity (Wildman–Crippen MR) is 78.8 cm³/mol. The molecule has 0 heterocycles. The van der Waals surface area contributed by atoms with E-state index in [1.807, 2.05) is 0 Å². The zero-order chi connectivity index (χ0) is 17.3. The average molecular weight is 346 g/mol. The van der Waals surface area contributed by atoms with Gasteiger partial charge >= 0.3 is 6.18 Å². The summed E-state index contributed by atoms with van der Waals surface area (Å²) in [6, 6.07) is 9.47. The Morgan fingerprint density at radius 3 is 2.00 bits per heavy atom. The Labute approximate surface area is 133 Å². The fourth-order valence-corrected chi connectivity index (χ4v) is 3.33. The van der Waals surface area contributed by atoms with E-state index < -0.39 is 39.7 Å². The van der Waals surface area contributed by atoms with Crippen molar-refractivity contribution in [3.05, 3.63) is 65.5 Å². The monoisotopic (exact) mass is 346 g/mol. The number of halogens is 4. The molecule has 0 aliphatic carbocycles. The first-order valence-corrected chi connectivity index (χ1v) is 7.95. The van der Waals surface area contributed by atoms with Gasteiger partial charge in [-0.25, -0.2) is 4.39 Å². The Morgan fingerprint density at radius 1 is 1.00 bits per heavy atom. The highest BCUT2D eigenvalue weighted by Crippen LogP contribution is 2.40. The molecule has 23 heavy (non-hydrogen) atoms. The smallest absolute Gasteiger partial charge is 0.376 e. The van der Waals surface area contributed by atoms with Gasteiger partial charge in [0.2, 0.25) is 0 Å². The van der Waals surface area contributed by atoms with Crippen LogP contribution in [0.15, 0.2) is 53.4 Å². The van der Waals surface area contributed by atoms with Crippen LogP contribution >= 0.6 is 0 Å². The SMILES string of the molecule is Cc1ccc(S(=O)CC(O)(c2ccc(F)cc2)C(F)(F)F)cc1. The van der Waals surface area contributed by atoms with Crippen molar-refractivity contribution in [1.29, 1.82) is 0 Å². The van der Waals surface area contributed by atoms with Gasteiger partial charge in [-0.15, -0.1) is 0 Å². The van der Waals surface area contributed by atoms with Crippen molar-refractivity contribution in [3.63, 3.8) is 0 Å². The fourth-order valence-electron chi connectivity index (χ4n) is 2.02. The minimum Gasteiger partial charge on any atom is -0.376 e. The Bertz CT molecular complexity index is 696. The molecular weight excluding hydrogens is 332 g/mol. The van der Waals surface area contributed by atoms with E-state index in [-0.39, 0.29) is 4.90 Å². The summed E-state index contributed by atoms with van der Waals surface area (Å²) < 4.78 is 65.2. The van der Waals surface area contributed by atoms with Crippen LogP contribution in [0.25, 0.3) is 0 Å². The number of benzene rings is 2. The van der Waals surface area contributed by atoms with E-state index in [9.17, 15) is 26.9 Å². The highest BCUT2D eigenvalue weighted by atomic mass is 32.2. The largest absolute Gasteiger partial charge is 0.422 e. The van der Waals surface area contributed by atoms with Crippen molar-refractivity contribution in [2.75, 3.05) is 5.75 Å². The van der Waals surface area contributed by atoms with Crippen molar-refractivity contribution in [1.82, 2.24) is 0 Å². The third-order valence-corrected chi connectivity index (χ3v) is 4.89. The van der Waals surface area contributed by atoms with Crippen LogP contribution in [0.2, 0.25) is 0 Å². The highest BCUT2D eigenvalue weighted by molar-refractivity contribution is 7.85. The van der Waals surface area contributed by atoms with Gasteiger partial charge in [-0.1, -0.05) is 29.8 Å². The second-order valence-corrected chi connectivity index (χ2v) is 6.62. The standard InChI is InChI=1S/C16H14F4O2S/c1-11-2-8-14(9-3-11)23(22)10-15(21,16(18,19)20)12-4-6-13(17)7-5-12/h2-9,21H,10H2,1H3. The number of hydrogen-bond acceptors (Lipinski definition) is 2. The zero-order valence-electron chi connectivity index (χ0n) is 12.1. The van der Waals surface area contributed by atoms with Gasteiger partial charge < -0.3 is 5.11 Å². The van der Waals surface area contributed by atoms with Crippen LogP contribution in [0.4, 0.5) is 17.6 Å². The maximum absolute atomic E-state index is 13.4. The molecule has 0 saturated carbocycles. The van der Waals surface area contributed by atoms with Gasteiger partial charge in [-0.2, -0.15) is 13.2 Å². The van der Waals surface area contributed by atoms with E-state index >= 15 is 0 Å². The predicted octanol–water partition coefficient (Wildman–Crippen LogP) is 3.69. The van der Waals surface area contributed by atoms with Gasteiger partial charge in [0.1, 0.15) is 5.82 Å². The summed E-state index contributed by atoms with van der Waals surface area (Å²) in [4.78, 5) is 0.181. The molecule has 0 fully saturated rings. The number of aliphatic hydroxyl groups is 1. The Balaban J connectivity index is 2.38. The molecule has 2 nitrogen and oxygen atoms in total. The lowest BCUT2D eigenvalue weighted by Gasteiger charge is -2.30. The van der Waals surface area contributed by atoms with Gasteiger partial charge in [-0.3, -0.25) is 4.21 Å². The average Bonchev–Trinajstić information content (AvgIpc) is 2.47. The molecule has 7 heteroatoms. The molecule has 2 aromatic carbocycles. The quantitative estimate of drug-likeness (QED) is 0.858. The summed E-state index contributed by atoms with van der Waals surface area (Å²) in [6.45, 7) is 1.79. The lowest BCUT2D eigenvalue weighted by Crippen LogP contribution is -2.46. The van der Waals surface area contributed by atoms with Crippen molar-refractivity contribution >= 4 is 10.8 Å². The molecule has 0 aromatic heterocycles. The molecule has 124 valence electrons. The maximum atomic E-state index is 13.4. The topological polar surface area (TPSA) is 37.3 Å². The summed E-state index contributed by atoms with van der Waals surface area (Å²) in [5.41, 5.74) is -3.00. The van der Waals surface area contributed by atoms with Crippen LogP contribution in [-0.2, 0) is 16.4 Å². The number of hydrogen-bond donors (Lipinski definition) is 1. The first-order chi connectivity index (χ1) is 10.6. The lowest BCUT2D eigenvalue weighted by atomic mass is 9.95. The molecule has 0 aliphatic heterocycles. The van der Waals surface area contributed by atoms with Gasteiger partial charge in [-0.05, 0) is 36.8 Å². The second kappa shape index (κ2) is 6.41. The second-order valence-electron chi connectivity index (χ2n) is 5.17. The van der Waals surface area contributed by atoms with Crippen LogP contribution in [0.3, 0.4) is 0 Å². The van der Waals surface area contributed by atoms with E-state index in [4.69, 9.17) is 0 Å². The Hall–Kier alpha value is -1.73. The van der Waals surface area contributed by atoms with Crippen LogP contribution in [0.5, 0.6) is 0 Å². The molecule has 0 saturated heterocycles. The molecule has 0 spiro atoms. The number of alkyl halides is 3. The Morgan fingerprint density at radius 2 is 1.52 bits per heavy atom. The summed E-state index contributed by atoms with van der Waals surface area (Å²) in [5.74, 6) is -1.79. The molecule has 0 amide bonds. The molecule has 0 bridgehead atoms. The third-order valence-electron chi connectivity index (χ3n) is 3.41. The lowest BCUT2D eigenvalue weighted by molar-refractivity contribution is -0.256. The first-order valence-electron chi connectivity index (χ1n) is 6.64. The molecule has 0 radical (unpaired) electrons. The van der Waals surface area contributed by atoms with E-state index in [1.54, 1.807) is 19.1 Å². The number of rotatable bonds is 4. The van der Waals surface area contributed by atoms with Crippen molar-refractivity contribution in [3.8, 4) is 0 Å². The van der Waals surface area contributed by atoms with Gasteiger partial charge in [0.25, 0.3) is 0 Å². The van der Waals surface area contributed by atoms with Crippen LogP contribution in [0, 0.1) is 12.7 Å². The maximum Gasteiger partial charge on any atom is 0.422 e. The van der Waals surface area contributed by atoms with Gasteiger partial charge in [0.05, 0.1) is 16.6 Å². The molecule has 0 aliphatic rings. The van der Waals surface area contributed by atoms with Gasteiger partial charge in [0, 0.05) is 4.90 Å². The van der Waals surface area contributed by atoms with Crippen molar-refractivity contribution in [2.45, 2.75) is 23.6 Å². The van der Waals surface area contributed by atoms with Crippen LogP contribution in [-0.4, -0.2) is 21.2 Å². The normalized spacial score (nSPS) is 15.9. The van der Waals surface area contributed by atoms with E-state index in [0.29, 0.717) is 0 Å². The zero-order valence-corrected chi connectivity index (χ0v) is 12.9. The number of aryl methyl sites for hydroxylation is 1. The van der Waals surface area contributed by atoms with Crippen LogP contribution < -0.4 is 0 Å². The molecule has 2 unspecified atom stereocenters. The summed E-state index contributed by atoms with van der Waals surface area (Å²) >= 11 is 0. The van der Waals surface area contributed by atoms with E-state index in [1.165, 1.54) is 12.1 Å². The van der Waals surface area contributed by atoms with E-state index in [2.05, 4.69) is 0 Å². The fraction of sp³-hybridized carbons (Fsp3) is 0.250. The van der Waals surface area contributed by atoms with Crippen molar-refractivity contribution in [2.24, 2.45) is 0 Å². The van der Waals surface area contributed by atoms with Crippen LogP contribution in [0.1, 0.15) is 11.1 Å². The highest BCUT2D eigenvalue weighted by Gasteiger charge is 2.56. The minimum absolute atomic E-state index is 0.181.